The molecule has 4 aliphatic rings. The van der Waals surface area contributed by atoms with Gasteiger partial charge in [0.1, 0.15) is 0 Å². The molecule has 0 amide bonds. The van der Waals surface area contributed by atoms with E-state index in [0.717, 1.165) is 45.0 Å². The van der Waals surface area contributed by atoms with Gasteiger partial charge < -0.3 is 28.1 Å². The standard InChI is InChI=1S/2C14H10F2NO2.2C5H5.Ti/c2*15-8-1-2-12(11(16)3-8)17-13-6-18-4-9(13)10-5-19-7-14(10)17;2*1-2-4-5-3-1;/h2*1-2H,4-7H2;2*1-5H;/q4*-1;+4. The number of rotatable bonds is 2. The summed E-state index contributed by atoms with van der Waals surface area (Å²) in [5.41, 5.74) is 8.67. The van der Waals surface area contributed by atoms with Gasteiger partial charge in [0.15, 0.2) is 0 Å². The Labute approximate surface area is 296 Å². The molecule has 0 saturated carbocycles. The van der Waals surface area contributed by atoms with Crippen LogP contribution in [0, 0.1) is 35.4 Å². The van der Waals surface area contributed by atoms with Crippen molar-refractivity contribution in [2.45, 2.75) is 52.9 Å². The van der Waals surface area contributed by atoms with Crippen molar-refractivity contribution in [3.8, 4) is 11.4 Å². The molecule has 49 heavy (non-hydrogen) atoms. The molecule has 6 heterocycles. The van der Waals surface area contributed by atoms with E-state index in [-0.39, 0.29) is 21.7 Å². The summed E-state index contributed by atoms with van der Waals surface area (Å²) >= 11 is 0. The van der Waals surface area contributed by atoms with Crippen LogP contribution < -0.4 is 0 Å². The van der Waals surface area contributed by atoms with E-state index in [0.29, 0.717) is 64.2 Å². The van der Waals surface area contributed by atoms with Crippen molar-refractivity contribution in [2.75, 3.05) is 0 Å². The van der Waals surface area contributed by atoms with Crippen LogP contribution in [0.25, 0.3) is 11.4 Å². The molecule has 0 unspecified atom stereocenters. The third kappa shape index (κ3) is 7.17. The smallest absolute Gasteiger partial charge is 0.370 e. The quantitative estimate of drug-likeness (QED) is 0.104. The fraction of sp³-hybridized carbons (Fsp3) is 0.211. The van der Waals surface area contributed by atoms with E-state index in [4.69, 9.17) is 18.9 Å². The first-order valence-corrected chi connectivity index (χ1v) is 15.4. The summed E-state index contributed by atoms with van der Waals surface area (Å²) in [6.07, 6.45) is 0. The molecule has 10 rings (SSSR count). The number of benzene rings is 2. The van der Waals surface area contributed by atoms with E-state index in [2.05, 4.69) is 12.1 Å². The van der Waals surface area contributed by atoms with Crippen molar-refractivity contribution < 1.29 is 58.2 Å². The van der Waals surface area contributed by atoms with Gasteiger partial charge in [-0.25, -0.2) is 41.8 Å². The van der Waals surface area contributed by atoms with Gasteiger partial charge in [-0.1, -0.05) is 0 Å². The first-order valence-electron chi connectivity index (χ1n) is 15.4. The molecule has 0 spiro atoms. The monoisotopic (exact) mass is 702 g/mol. The molecule has 11 heteroatoms. The van der Waals surface area contributed by atoms with Crippen molar-refractivity contribution in [3.05, 3.63) is 165 Å². The van der Waals surface area contributed by atoms with Crippen LogP contribution in [0.5, 0.6) is 0 Å². The second-order valence-corrected chi connectivity index (χ2v) is 11.3. The predicted octanol–water partition coefficient (Wildman–Crippen LogP) is 8.04. The molecule has 4 aromatic carbocycles. The SMILES string of the molecule is Fc1[c-]c(F)c(-n2c3c(c4c2COC4)COC3)cc1.Fc1[c-]c(F)c(-n2c3c(c4c2COC4)COC3)cc1.[Ti+4].c1cc[cH-]c1.c1cc[cH-]c1. The molecule has 6 nitrogen and oxygen atoms in total. The van der Waals surface area contributed by atoms with E-state index < -0.39 is 23.3 Å². The summed E-state index contributed by atoms with van der Waals surface area (Å²) in [6.45, 7) is 3.89. The van der Waals surface area contributed by atoms with Crippen LogP contribution in [0.4, 0.5) is 17.6 Å². The third-order valence-electron chi connectivity index (χ3n) is 8.42. The molecule has 0 saturated heterocycles. The number of aromatic nitrogens is 2. The van der Waals surface area contributed by atoms with Crippen LogP contribution in [0.3, 0.4) is 0 Å². The second-order valence-electron chi connectivity index (χ2n) is 11.3. The zero-order valence-electron chi connectivity index (χ0n) is 26.3. The van der Waals surface area contributed by atoms with Crippen molar-refractivity contribution in [1.29, 1.82) is 0 Å². The summed E-state index contributed by atoms with van der Waals surface area (Å²) < 4.78 is 79.1. The Morgan fingerprint density at radius 2 is 0.776 bits per heavy atom. The number of hydrogen-bond donors (Lipinski definition) is 0. The van der Waals surface area contributed by atoms with Crippen molar-refractivity contribution in [2.24, 2.45) is 0 Å². The van der Waals surface area contributed by atoms with Gasteiger partial charge >= 0.3 is 21.7 Å². The van der Waals surface area contributed by atoms with Crippen LogP contribution >= 0.6 is 0 Å². The Morgan fingerprint density at radius 1 is 0.469 bits per heavy atom. The largest absolute Gasteiger partial charge is 4.00 e. The van der Waals surface area contributed by atoms with Crippen molar-refractivity contribution in [3.63, 3.8) is 0 Å². The van der Waals surface area contributed by atoms with E-state index in [1.54, 1.807) is 9.13 Å². The van der Waals surface area contributed by atoms with Crippen LogP contribution in [-0.4, -0.2) is 9.13 Å². The number of ether oxygens (including phenoxy) is 4. The fourth-order valence-corrected chi connectivity index (χ4v) is 6.29. The first kappa shape index (κ1) is 34.8. The number of hydrogen-bond acceptors (Lipinski definition) is 4. The minimum atomic E-state index is -0.700. The summed E-state index contributed by atoms with van der Waals surface area (Å²) in [6, 6.07) is 29.4. The minimum Gasteiger partial charge on any atom is -0.370 e. The van der Waals surface area contributed by atoms with E-state index in [1.165, 1.54) is 24.3 Å². The molecule has 248 valence electrons. The molecule has 0 radical (unpaired) electrons. The molecule has 2 aromatic heterocycles. The number of halogens is 4. The van der Waals surface area contributed by atoms with Gasteiger partial charge in [-0.05, 0) is 11.4 Å². The molecule has 0 N–H and O–H groups in total. The minimum absolute atomic E-state index is 0. The summed E-state index contributed by atoms with van der Waals surface area (Å²) in [5, 5.41) is 0. The maximum atomic E-state index is 14.0. The van der Waals surface area contributed by atoms with Crippen LogP contribution in [0.15, 0.2) is 84.9 Å². The van der Waals surface area contributed by atoms with Gasteiger partial charge in [-0.15, -0.1) is 36.4 Å². The summed E-state index contributed by atoms with van der Waals surface area (Å²) in [7, 11) is 0. The Balaban J connectivity index is 0.000000131. The summed E-state index contributed by atoms with van der Waals surface area (Å²) in [4.78, 5) is 0. The van der Waals surface area contributed by atoms with Gasteiger partial charge in [0.05, 0.1) is 52.9 Å². The number of fused-ring (bicyclic) bond motifs is 6. The predicted molar refractivity (Wildman–Crippen MR) is 167 cm³/mol. The maximum absolute atomic E-state index is 14.0. The third-order valence-corrected chi connectivity index (χ3v) is 8.42. The van der Waals surface area contributed by atoms with Gasteiger partial charge in [-0.3, -0.25) is 0 Å². The van der Waals surface area contributed by atoms with E-state index in [1.807, 2.05) is 60.7 Å². The Hall–Kier alpha value is -4.03. The molecular formula is C38H30F4N2O4Ti. The molecular weight excluding hydrogens is 672 g/mol. The molecule has 0 atom stereocenters. The normalized spacial score (nSPS) is 14.6. The summed E-state index contributed by atoms with van der Waals surface area (Å²) in [5.74, 6) is -2.79. The van der Waals surface area contributed by atoms with Crippen molar-refractivity contribution in [1.82, 2.24) is 9.13 Å². The first-order chi connectivity index (χ1) is 23.5. The molecule has 0 fully saturated rings. The average Bonchev–Trinajstić information content (AvgIpc) is 3.92. The molecule has 0 bridgehead atoms. The Bertz CT molecular complexity index is 1760. The Morgan fingerprint density at radius 3 is 1.02 bits per heavy atom. The molecule has 0 aliphatic carbocycles. The fourth-order valence-electron chi connectivity index (χ4n) is 6.29. The molecule has 6 aromatic rings. The molecule has 4 aliphatic heterocycles. The number of nitrogens with zero attached hydrogens (tertiary/aromatic N) is 2. The van der Waals surface area contributed by atoms with E-state index in [9.17, 15) is 17.6 Å². The zero-order valence-corrected chi connectivity index (χ0v) is 27.8. The van der Waals surface area contributed by atoms with Gasteiger partial charge in [-0.2, -0.15) is 36.4 Å². The van der Waals surface area contributed by atoms with Gasteiger partial charge in [0.2, 0.25) is 0 Å². The van der Waals surface area contributed by atoms with Gasteiger partial charge in [0.25, 0.3) is 0 Å². The zero-order chi connectivity index (χ0) is 33.0. The average molecular weight is 703 g/mol. The van der Waals surface area contributed by atoms with Crippen LogP contribution in [0.2, 0.25) is 0 Å². The Kier molecular flexibility index (Phi) is 11.1. The topological polar surface area (TPSA) is 46.8 Å². The van der Waals surface area contributed by atoms with Crippen LogP contribution in [0.1, 0.15) is 45.0 Å². The van der Waals surface area contributed by atoms with Crippen LogP contribution in [-0.2, 0) is 93.5 Å². The van der Waals surface area contributed by atoms with E-state index >= 15 is 0 Å². The van der Waals surface area contributed by atoms with Gasteiger partial charge in [0, 0.05) is 68.3 Å². The van der Waals surface area contributed by atoms with Crippen molar-refractivity contribution >= 4 is 0 Å². The maximum Gasteiger partial charge on any atom is 4.00 e. The second kappa shape index (κ2) is 15.7.